The van der Waals surface area contributed by atoms with Crippen molar-refractivity contribution in [2.24, 2.45) is 0 Å². The molecule has 18 heavy (non-hydrogen) atoms. The summed E-state index contributed by atoms with van der Waals surface area (Å²) in [6, 6.07) is 0. The Labute approximate surface area is 103 Å². The van der Waals surface area contributed by atoms with Crippen molar-refractivity contribution in [3.05, 3.63) is 11.8 Å². The molecule has 104 valence electrons. The van der Waals surface area contributed by atoms with E-state index in [1.807, 2.05) is 19.0 Å². The quantitative estimate of drug-likeness (QED) is 0.785. The number of likely N-dealkylation sites (N-methyl/N-ethyl adjacent to an activating group) is 1. The molecule has 0 unspecified atom stereocenters. The van der Waals surface area contributed by atoms with Gasteiger partial charge in [0, 0.05) is 37.7 Å². The van der Waals surface area contributed by atoms with E-state index < -0.39 is 30.4 Å². The predicted molar refractivity (Wildman–Crippen MR) is 59.9 cm³/mol. The van der Waals surface area contributed by atoms with Gasteiger partial charge in [0.2, 0.25) is 0 Å². The smallest absolute Gasteiger partial charge is 0.387 e. The van der Waals surface area contributed by atoms with Crippen molar-refractivity contribution in [3.63, 3.8) is 0 Å². The molecule has 2 N–H and O–H groups in total. The highest BCUT2D eigenvalue weighted by Gasteiger charge is 2.56. The highest BCUT2D eigenvalue weighted by molar-refractivity contribution is 5.92. The summed E-state index contributed by atoms with van der Waals surface area (Å²) in [5, 5.41) is 12.3. The van der Waals surface area contributed by atoms with Gasteiger partial charge in [0.15, 0.2) is 11.4 Å². The Morgan fingerprint density at radius 2 is 2.06 bits per heavy atom. The maximum Gasteiger partial charge on any atom is 0.418 e. The van der Waals surface area contributed by atoms with Gasteiger partial charge in [-0.2, -0.15) is 13.2 Å². The van der Waals surface area contributed by atoms with Crippen LogP contribution in [0.3, 0.4) is 0 Å². The molecule has 0 saturated heterocycles. The molecule has 0 bridgehead atoms. The van der Waals surface area contributed by atoms with E-state index in [1.165, 1.54) is 0 Å². The zero-order valence-corrected chi connectivity index (χ0v) is 10.3. The molecule has 4 nitrogen and oxygen atoms in total. The SMILES string of the molecule is CN(C)CCNC1=CC(=O)C[C@](O)(C(F)(F)F)C1. The molecular formula is C11H17F3N2O2. The summed E-state index contributed by atoms with van der Waals surface area (Å²) in [6.07, 6.45) is -5.17. The summed E-state index contributed by atoms with van der Waals surface area (Å²) < 4.78 is 38.0. The molecule has 7 heteroatoms. The minimum Gasteiger partial charge on any atom is -0.387 e. The third kappa shape index (κ3) is 3.71. The maximum absolute atomic E-state index is 12.7. The van der Waals surface area contributed by atoms with Crippen molar-refractivity contribution in [2.75, 3.05) is 27.2 Å². The van der Waals surface area contributed by atoms with Crippen molar-refractivity contribution >= 4 is 5.78 Å². The normalized spacial score (nSPS) is 25.3. The number of rotatable bonds is 4. The third-order valence-corrected chi connectivity index (χ3v) is 2.72. The molecule has 1 aliphatic rings. The lowest BCUT2D eigenvalue weighted by molar-refractivity contribution is -0.261. The molecule has 0 radical (unpaired) electrons. The lowest BCUT2D eigenvalue weighted by Gasteiger charge is -2.33. The lowest BCUT2D eigenvalue weighted by atomic mass is 9.86. The highest BCUT2D eigenvalue weighted by atomic mass is 19.4. The Morgan fingerprint density at radius 3 is 2.56 bits per heavy atom. The summed E-state index contributed by atoms with van der Waals surface area (Å²) in [5.74, 6) is -0.714. The summed E-state index contributed by atoms with van der Waals surface area (Å²) in [5.41, 5.74) is -2.81. The van der Waals surface area contributed by atoms with Crippen LogP contribution in [0.4, 0.5) is 13.2 Å². The van der Waals surface area contributed by atoms with Gasteiger partial charge >= 0.3 is 6.18 Å². The van der Waals surface area contributed by atoms with Gasteiger partial charge in [0.1, 0.15) is 0 Å². The Hall–Kier alpha value is -1.08. The van der Waals surface area contributed by atoms with Crippen molar-refractivity contribution in [1.82, 2.24) is 10.2 Å². The predicted octanol–water partition coefficient (Wildman–Crippen LogP) is 0.678. The number of hydrogen-bond donors (Lipinski definition) is 2. The van der Waals surface area contributed by atoms with Crippen LogP contribution in [0.5, 0.6) is 0 Å². The fraction of sp³-hybridized carbons (Fsp3) is 0.727. The number of nitrogens with one attached hydrogen (secondary N) is 1. The average Bonchev–Trinajstić information content (AvgIpc) is 2.13. The molecule has 1 atom stereocenters. The molecule has 1 rings (SSSR count). The van der Waals surface area contributed by atoms with Crippen LogP contribution in [0.1, 0.15) is 12.8 Å². The van der Waals surface area contributed by atoms with Crippen LogP contribution in [-0.2, 0) is 4.79 Å². The van der Waals surface area contributed by atoms with Crippen molar-refractivity contribution in [3.8, 4) is 0 Å². The zero-order chi connectivity index (χ0) is 14.0. The maximum atomic E-state index is 12.7. The van der Waals surface area contributed by atoms with E-state index >= 15 is 0 Å². The number of allylic oxidation sites excluding steroid dienone is 1. The fourth-order valence-corrected chi connectivity index (χ4v) is 1.72. The van der Waals surface area contributed by atoms with Gasteiger partial charge in [0.25, 0.3) is 0 Å². The first-order chi connectivity index (χ1) is 8.14. The third-order valence-electron chi connectivity index (χ3n) is 2.72. The molecule has 0 aromatic rings. The van der Waals surface area contributed by atoms with Gasteiger partial charge in [-0.25, -0.2) is 0 Å². The van der Waals surface area contributed by atoms with Crippen LogP contribution in [0.25, 0.3) is 0 Å². The first-order valence-corrected chi connectivity index (χ1v) is 5.55. The molecule has 0 heterocycles. The van der Waals surface area contributed by atoms with Gasteiger partial charge in [-0.05, 0) is 14.1 Å². The van der Waals surface area contributed by atoms with Gasteiger partial charge in [-0.15, -0.1) is 0 Å². The van der Waals surface area contributed by atoms with Gasteiger partial charge in [0.05, 0.1) is 0 Å². The van der Waals surface area contributed by atoms with Crippen LogP contribution in [0, 0.1) is 0 Å². The molecule has 0 spiro atoms. The molecule has 0 aliphatic heterocycles. The van der Waals surface area contributed by atoms with Crippen molar-refractivity contribution in [2.45, 2.75) is 24.6 Å². The topological polar surface area (TPSA) is 52.6 Å². The van der Waals surface area contributed by atoms with Gasteiger partial charge < -0.3 is 15.3 Å². The average molecular weight is 266 g/mol. The van der Waals surface area contributed by atoms with E-state index in [0.717, 1.165) is 6.08 Å². The van der Waals surface area contributed by atoms with E-state index in [0.29, 0.717) is 13.1 Å². The first kappa shape index (κ1) is 15.0. The number of carbonyl (C=O) groups is 1. The molecule has 0 amide bonds. The van der Waals surface area contributed by atoms with E-state index in [9.17, 15) is 23.1 Å². The minimum absolute atomic E-state index is 0.132. The van der Waals surface area contributed by atoms with Crippen LogP contribution in [0.2, 0.25) is 0 Å². The number of halogens is 3. The van der Waals surface area contributed by atoms with Gasteiger partial charge in [-0.1, -0.05) is 0 Å². The van der Waals surface area contributed by atoms with E-state index in [2.05, 4.69) is 5.32 Å². The number of alkyl halides is 3. The number of ketones is 1. The summed E-state index contributed by atoms with van der Waals surface area (Å²) >= 11 is 0. The van der Waals surface area contributed by atoms with E-state index in [4.69, 9.17) is 0 Å². The Kier molecular flexibility index (Phi) is 4.39. The number of carbonyl (C=O) groups excluding carboxylic acids is 1. The Morgan fingerprint density at radius 1 is 1.44 bits per heavy atom. The molecule has 0 aromatic carbocycles. The van der Waals surface area contributed by atoms with E-state index in [1.54, 1.807) is 0 Å². The van der Waals surface area contributed by atoms with Gasteiger partial charge in [-0.3, -0.25) is 4.79 Å². The van der Waals surface area contributed by atoms with Crippen molar-refractivity contribution in [1.29, 1.82) is 0 Å². The minimum atomic E-state index is -4.80. The highest BCUT2D eigenvalue weighted by Crippen LogP contribution is 2.39. The standard InChI is InChI=1S/C11H17F3N2O2/c1-16(2)4-3-15-8-5-9(17)7-10(18,6-8)11(12,13)14/h5,15,18H,3-4,6-7H2,1-2H3/t10-/m0/s1. The van der Waals surface area contributed by atoms with Crippen LogP contribution >= 0.6 is 0 Å². The second-order valence-corrected chi connectivity index (χ2v) is 4.75. The zero-order valence-electron chi connectivity index (χ0n) is 10.3. The van der Waals surface area contributed by atoms with Crippen LogP contribution < -0.4 is 5.32 Å². The molecule has 1 aliphatic carbocycles. The molecule has 0 aromatic heterocycles. The monoisotopic (exact) mass is 266 g/mol. The number of hydrogen-bond acceptors (Lipinski definition) is 4. The Bertz CT molecular complexity index is 353. The number of aliphatic hydroxyl groups is 1. The largest absolute Gasteiger partial charge is 0.418 e. The van der Waals surface area contributed by atoms with Crippen LogP contribution in [-0.4, -0.2) is 54.8 Å². The second kappa shape index (κ2) is 5.27. The van der Waals surface area contributed by atoms with E-state index in [-0.39, 0.29) is 5.70 Å². The van der Waals surface area contributed by atoms with Crippen LogP contribution in [0.15, 0.2) is 11.8 Å². The second-order valence-electron chi connectivity index (χ2n) is 4.75. The molecule has 0 fully saturated rings. The fourth-order valence-electron chi connectivity index (χ4n) is 1.72. The molecular weight excluding hydrogens is 249 g/mol. The first-order valence-electron chi connectivity index (χ1n) is 5.55. The summed E-state index contributed by atoms with van der Waals surface area (Å²) in [7, 11) is 3.66. The lowest BCUT2D eigenvalue weighted by Crippen LogP contribution is -2.50. The Balaban J connectivity index is 2.68. The van der Waals surface area contributed by atoms with Crippen molar-refractivity contribution < 1.29 is 23.1 Å². The summed E-state index contributed by atoms with van der Waals surface area (Å²) in [4.78, 5) is 13.1. The summed E-state index contributed by atoms with van der Waals surface area (Å²) in [6.45, 7) is 1.04. The number of nitrogens with zero attached hydrogens (tertiary/aromatic N) is 1. The molecule has 0 saturated carbocycles.